The van der Waals surface area contributed by atoms with E-state index in [9.17, 15) is 14.9 Å². The Kier molecular flexibility index (Phi) is 7.10. The van der Waals surface area contributed by atoms with Gasteiger partial charge in [0.05, 0.1) is 28.5 Å². The molecule has 0 aliphatic rings. The van der Waals surface area contributed by atoms with E-state index in [0.29, 0.717) is 13.2 Å². The van der Waals surface area contributed by atoms with Gasteiger partial charge in [-0.3, -0.25) is 14.9 Å². The van der Waals surface area contributed by atoms with Crippen LogP contribution < -0.4 is 10.1 Å². The average molecular weight is 361 g/mol. The van der Waals surface area contributed by atoms with Crippen molar-refractivity contribution in [2.75, 3.05) is 26.9 Å². The first-order chi connectivity index (χ1) is 10.0. The van der Waals surface area contributed by atoms with E-state index in [-0.39, 0.29) is 28.4 Å². The van der Waals surface area contributed by atoms with Crippen molar-refractivity contribution < 1.29 is 19.2 Å². The molecule has 8 heteroatoms. The van der Waals surface area contributed by atoms with Crippen LogP contribution in [0.25, 0.3) is 0 Å². The van der Waals surface area contributed by atoms with Crippen LogP contribution in [0.5, 0.6) is 5.75 Å². The number of halogens is 1. The van der Waals surface area contributed by atoms with Gasteiger partial charge in [-0.15, -0.1) is 0 Å². The lowest BCUT2D eigenvalue weighted by molar-refractivity contribution is -0.385. The number of methoxy groups -OCH3 is 1. The van der Waals surface area contributed by atoms with Crippen molar-refractivity contribution in [3.05, 3.63) is 33.9 Å². The highest BCUT2D eigenvalue weighted by Crippen LogP contribution is 2.30. The Morgan fingerprint density at radius 1 is 1.52 bits per heavy atom. The van der Waals surface area contributed by atoms with Crippen molar-refractivity contribution in [1.82, 2.24) is 5.32 Å². The molecule has 0 aliphatic heterocycles. The largest absolute Gasteiger partial charge is 0.487 e. The molecule has 1 amide bonds. The maximum Gasteiger partial charge on any atom is 0.311 e. The van der Waals surface area contributed by atoms with Crippen LogP contribution >= 0.6 is 15.9 Å². The minimum atomic E-state index is -0.569. The Morgan fingerprint density at radius 3 is 2.81 bits per heavy atom. The maximum atomic E-state index is 12.1. The molecule has 1 aromatic carbocycles. The number of nitrogens with one attached hydrogen (secondary N) is 1. The molecule has 7 nitrogen and oxygen atoms in total. The number of hydrogen-bond acceptors (Lipinski definition) is 5. The first-order valence-corrected chi connectivity index (χ1v) is 7.24. The van der Waals surface area contributed by atoms with Gasteiger partial charge in [-0.05, 0) is 13.0 Å². The second-order valence-electron chi connectivity index (χ2n) is 4.11. The van der Waals surface area contributed by atoms with Gasteiger partial charge in [0.25, 0.3) is 5.91 Å². The summed E-state index contributed by atoms with van der Waals surface area (Å²) in [5.74, 6) is -0.442. The van der Waals surface area contributed by atoms with E-state index in [4.69, 9.17) is 9.47 Å². The topological polar surface area (TPSA) is 90.7 Å². The van der Waals surface area contributed by atoms with E-state index in [1.807, 2.05) is 0 Å². The summed E-state index contributed by atoms with van der Waals surface area (Å²) in [5, 5.41) is 13.7. The number of para-hydroxylation sites is 1. The first-order valence-electron chi connectivity index (χ1n) is 6.32. The van der Waals surface area contributed by atoms with Crippen LogP contribution in [0.15, 0.2) is 18.2 Å². The minimum absolute atomic E-state index is 0.0136. The summed E-state index contributed by atoms with van der Waals surface area (Å²) in [6.07, 6.45) is 0. The van der Waals surface area contributed by atoms with E-state index < -0.39 is 10.8 Å². The summed E-state index contributed by atoms with van der Waals surface area (Å²) in [5.41, 5.74) is -0.0834. The Bertz CT molecular complexity index is 509. The predicted molar refractivity (Wildman–Crippen MR) is 81.2 cm³/mol. The smallest absolute Gasteiger partial charge is 0.311 e. The predicted octanol–water partition coefficient (Wildman–Crippen LogP) is 2.13. The van der Waals surface area contributed by atoms with E-state index in [0.717, 1.165) is 0 Å². The quantitative estimate of drug-likeness (QED) is 0.435. The fourth-order valence-electron chi connectivity index (χ4n) is 1.68. The highest BCUT2D eigenvalue weighted by Gasteiger charge is 2.23. The number of ether oxygens (including phenoxy) is 2. The monoisotopic (exact) mass is 360 g/mol. The maximum absolute atomic E-state index is 12.1. The van der Waals surface area contributed by atoms with Crippen LogP contribution in [0.3, 0.4) is 0 Å². The number of benzene rings is 1. The molecule has 0 heterocycles. The SMILES string of the molecule is CCOc1c(C(=O)NCC(Br)COC)cccc1[N+](=O)[O-]. The van der Waals surface area contributed by atoms with Crippen molar-refractivity contribution >= 4 is 27.5 Å². The molecule has 21 heavy (non-hydrogen) atoms. The molecule has 0 aliphatic carbocycles. The number of alkyl halides is 1. The zero-order chi connectivity index (χ0) is 15.8. The number of amides is 1. The Hall–Kier alpha value is -1.67. The van der Waals surface area contributed by atoms with Gasteiger partial charge in [-0.25, -0.2) is 0 Å². The van der Waals surface area contributed by atoms with Crippen molar-refractivity contribution in [1.29, 1.82) is 0 Å². The summed E-state index contributed by atoms with van der Waals surface area (Å²) in [6, 6.07) is 4.25. The molecule has 1 rings (SSSR count). The number of nitrogens with zero attached hydrogens (tertiary/aromatic N) is 1. The molecule has 0 bridgehead atoms. The van der Waals surface area contributed by atoms with Gasteiger partial charge in [-0.2, -0.15) is 0 Å². The molecule has 0 fully saturated rings. The molecule has 0 aromatic heterocycles. The van der Waals surface area contributed by atoms with Gasteiger partial charge in [0.1, 0.15) is 0 Å². The normalized spacial score (nSPS) is 11.8. The van der Waals surface area contributed by atoms with Crippen LogP contribution in [0.1, 0.15) is 17.3 Å². The minimum Gasteiger partial charge on any atom is -0.487 e. The third-order valence-electron chi connectivity index (χ3n) is 2.56. The summed E-state index contributed by atoms with van der Waals surface area (Å²) >= 11 is 3.35. The van der Waals surface area contributed by atoms with E-state index in [2.05, 4.69) is 21.2 Å². The number of rotatable bonds is 8. The zero-order valence-electron chi connectivity index (χ0n) is 11.8. The second-order valence-corrected chi connectivity index (χ2v) is 5.40. The molecule has 0 saturated heterocycles. The Labute approximate surface area is 130 Å². The first kappa shape index (κ1) is 17.4. The Balaban J connectivity index is 2.92. The van der Waals surface area contributed by atoms with E-state index in [1.54, 1.807) is 14.0 Å². The van der Waals surface area contributed by atoms with Gasteiger partial charge in [0.15, 0.2) is 0 Å². The van der Waals surface area contributed by atoms with Crippen LogP contribution in [-0.4, -0.2) is 42.5 Å². The molecule has 1 aromatic rings. The van der Waals surface area contributed by atoms with Gasteiger partial charge in [0.2, 0.25) is 5.75 Å². The third-order valence-corrected chi connectivity index (χ3v) is 3.14. The molecular formula is C13H17BrN2O5. The van der Waals surface area contributed by atoms with Gasteiger partial charge < -0.3 is 14.8 Å². The zero-order valence-corrected chi connectivity index (χ0v) is 13.4. The fourth-order valence-corrected chi connectivity index (χ4v) is 2.11. The van der Waals surface area contributed by atoms with Gasteiger partial charge >= 0.3 is 5.69 Å². The number of nitro benzene ring substituents is 1. The molecular weight excluding hydrogens is 344 g/mol. The summed E-state index contributed by atoms with van der Waals surface area (Å²) < 4.78 is 10.2. The van der Waals surface area contributed by atoms with E-state index in [1.165, 1.54) is 18.2 Å². The van der Waals surface area contributed by atoms with Crippen LogP contribution in [-0.2, 0) is 4.74 Å². The van der Waals surface area contributed by atoms with Crippen molar-refractivity contribution in [3.63, 3.8) is 0 Å². The van der Waals surface area contributed by atoms with Crippen LogP contribution in [0.4, 0.5) is 5.69 Å². The Morgan fingerprint density at radius 2 is 2.24 bits per heavy atom. The number of nitro groups is 1. The fraction of sp³-hybridized carbons (Fsp3) is 0.462. The summed E-state index contributed by atoms with van der Waals surface area (Å²) in [4.78, 5) is 22.5. The highest BCUT2D eigenvalue weighted by molar-refractivity contribution is 9.09. The molecule has 0 radical (unpaired) electrons. The van der Waals surface area contributed by atoms with Gasteiger partial charge in [-0.1, -0.05) is 22.0 Å². The highest BCUT2D eigenvalue weighted by atomic mass is 79.9. The van der Waals surface area contributed by atoms with Crippen molar-refractivity contribution in [2.24, 2.45) is 0 Å². The number of carbonyl (C=O) groups is 1. The average Bonchev–Trinajstić information content (AvgIpc) is 2.45. The summed E-state index contributed by atoms with van der Waals surface area (Å²) in [7, 11) is 1.56. The second kappa shape index (κ2) is 8.58. The standard InChI is InChI=1S/C13H17BrN2O5/c1-3-21-12-10(5-4-6-11(12)16(18)19)13(17)15-7-9(14)8-20-2/h4-6,9H,3,7-8H2,1-2H3,(H,15,17). The van der Waals surface area contributed by atoms with Gasteiger partial charge in [0, 0.05) is 19.7 Å². The van der Waals surface area contributed by atoms with Crippen LogP contribution in [0.2, 0.25) is 0 Å². The van der Waals surface area contributed by atoms with Crippen LogP contribution in [0, 0.1) is 10.1 Å². The van der Waals surface area contributed by atoms with Crippen molar-refractivity contribution in [3.8, 4) is 5.75 Å². The molecule has 0 saturated carbocycles. The molecule has 116 valence electrons. The molecule has 1 atom stereocenters. The lowest BCUT2D eigenvalue weighted by atomic mass is 10.1. The number of hydrogen-bond donors (Lipinski definition) is 1. The summed E-state index contributed by atoms with van der Waals surface area (Å²) in [6.45, 7) is 2.70. The lowest BCUT2D eigenvalue weighted by Crippen LogP contribution is -2.31. The molecule has 1 unspecified atom stereocenters. The van der Waals surface area contributed by atoms with E-state index >= 15 is 0 Å². The lowest BCUT2D eigenvalue weighted by Gasteiger charge is -2.13. The molecule has 1 N–H and O–H groups in total. The number of carbonyl (C=O) groups excluding carboxylic acids is 1. The third kappa shape index (κ3) is 4.98. The molecule has 0 spiro atoms. The van der Waals surface area contributed by atoms with Crippen molar-refractivity contribution in [2.45, 2.75) is 11.8 Å².